The summed E-state index contributed by atoms with van der Waals surface area (Å²) < 4.78 is 6.26. The van der Waals surface area contributed by atoms with Crippen molar-refractivity contribution in [1.29, 1.82) is 0 Å². The lowest BCUT2D eigenvalue weighted by molar-refractivity contribution is -0.143. The van der Waals surface area contributed by atoms with E-state index in [1.807, 2.05) is 0 Å². The zero-order chi connectivity index (χ0) is 20.8. The van der Waals surface area contributed by atoms with E-state index in [0.29, 0.717) is 15.8 Å². The molecule has 0 aliphatic heterocycles. The Kier molecular flexibility index (Phi) is 6.35. The van der Waals surface area contributed by atoms with Crippen molar-refractivity contribution in [2.45, 2.75) is 13.5 Å². The molecule has 0 fully saturated rings. The van der Waals surface area contributed by atoms with Gasteiger partial charge in [-0.25, -0.2) is 0 Å². The number of fused-ring (bicyclic) bond motifs is 1. The fraction of sp³-hybridized carbons (Fsp3) is 0.211. The predicted octanol–water partition coefficient (Wildman–Crippen LogP) is 3.01. The number of hydrogen-bond donors (Lipinski definition) is 2. The van der Waals surface area contributed by atoms with Gasteiger partial charge in [-0.1, -0.05) is 24.3 Å². The van der Waals surface area contributed by atoms with Gasteiger partial charge in [-0.05, 0) is 24.4 Å². The van der Waals surface area contributed by atoms with Gasteiger partial charge in [0.2, 0.25) is 5.88 Å². The Hall–Kier alpha value is -3.53. The van der Waals surface area contributed by atoms with E-state index in [1.165, 1.54) is 15.9 Å². The molecule has 2 aromatic heterocycles. The van der Waals surface area contributed by atoms with Crippen LogP contribution >= 0.6 is 11.3 Å². The first-order valence-electron chi connectivity index (χ1n) is 8.73. The highest BCUT2D eigenvalue weighted by molar-refractivity contribution is 7.12. The van der Waals surface area contributed by atoms with E-state index in [1.54, 1.807) is 48.7 Å². The van der Waals surface area contributed by atoms with Gasteiger partial charge in [-0.3, -0.25) is 19.0 Å². The maximum atomic E-state index is 12.0. The number of hydrogen-bond acceptors (Lipinski definition) is 7. The van der Waals surface area contributed by atoms with Gasteiger partial charge in [0.25, 0.3) is 11.8 Å². The van der Waals surface area contributed by atoms with Crippen LogP contribution in [0.4, 0.5) is 5.69 Å². The number of rotatable bonds is 7. The monoisotopic (exact) mass is 414 g/mol. The number of para-hydroxylation sites is 1. The van der Waals surface area contributed by atoms with Gasteiger partial charge >= 0.3 is 5.97 Å². The molecule has 2 heterocycles. The number of aromatic nitrogens is 1. The van der Waals surface area contributed by atoms with E-state index in [-0.39, 0.29) is 37.2 Å². The van der Waals surface area contributed by atoms with Crippen molar-refractivity contribution in [3.8, 4) is 5.88 Å². The second kappa shape index (κ2) is 9.11. The molecule has 0 saturated carbocycles. The van der Waals surface area contributed by atoms with Crippen LogP contribution in [0.3, 0.4) is 0 Å². The van der Waals surface area contributed by atoms with E-state index >= 15 is 0 Å². The standard InChI is InChI=1S/C19H18N4O5S/c1-2-28-16(25)11-23-13-7-4-3-6-12(13)17(19(23)27)22-21-15(24)10-20-18(26)14-8-5-9-29-14/h3-9,27H,2,10-11H2,1H3,(H,20,26). The molecule has 0 spiro atoms. The van der Waals surface area contributed by atoms with Crippen molar-refractivity contribution >= 4 is 45.7 Å². The van der Waals surface area contributed by atoms with Gasteiger partial charge < -0.3 is 15.2 Å². The van der Waals surface area contributed by atoms with Crippen molar-refractivity contribution in [2.75, 3.05) is 13.2 Å². The van der Waals surface area contributed by atoms with Crippen molar-refractivity contribution in [3.05, 3.63) is 46.7 Å². The number of nitrogens with zero attached hydrogens (tertiary/aromatic N) is 3. The molecule has 0 aliphatic rings. The van der Waals surface area contributed by atoms with E-state index in [9.17, 15) is 19.5 Å². The van der Waals surface area contributed by atoms with Crippen LogP contribution in [0.5, 0.6) is 5.88 Å². The topological polar surface area (TPSA) is 122 Å². The average molecular weight is 414 g/mol. The van der Waals surface area contributed by atoms with Gasteiger partial charge in [0, 0.05) is 5.39 Å². The van der Waals surface area contributed by atoms with Crippen molar-refractivity contribution in [3.63, 3.8) is 0 Å². The minimum atomic E-state index is -0.684. The maximum Gasteiger partial charge on any atom is 0.326 e. The number of azo groups is 1. The number of benzene rings is 1. The highest BCUT2D eigenvalue weighted by atomic mass is 32.1. The van der Waals surface area contributed by atoms with Crippen LogP contribution in [0.1, 0.15) is 16.6 Å². The van der Waals surface area contributed by atoms with Crippen molar-refractivity contribution in [2.24, 2.45) is 10.2 Å². The normalized spacial score (nSPS) is 11.1. The van der Waals surface area contributed by atoms with Crippen LogP contribution < -0.4 is 5.32 Å². The Balaban J connectivity index is 1.76. The second-order valence-electron chi connectivity index (χ2n) is 5.83. The minimum Gasteiger partial charge on any atom is -0.493 e. The summed E-state index contributed by atoms with van der Waals surface area (Å²) in [7, 11) is 0. The SMILES string of the molecule is CCOC(=O)Cn1c(O)c(N=NC(=O)CNC(=O)c2cccs2)c2ccccc21. The molecule has 0 saturated heterocycles. The third-order valence-electron chi connectivity index (χ3n) is 3.92. The number of carbonyl (C=O) groups excluding carboxylic acids is 3. The molecule has 0 radical (unpaired) electrons. The number of carbonyl (C=O) groups is 3. The van der Waals surface area contributed by atoms with Gasteiger partial charge in [-0.2, -0.15) is 0 Å². The molecule has 2 N–H and O–H groups in total. The molecule has 9 nitrogen and oxygen atoms in total. The number of aromatic hydroxyl groups is 1. The predicted molar refractivity (Wildman–Crippen MR) is 106 cm³/mol. The Morgan fingerprint density at radius 1 is 1.21 bits per heavy atom. The van der Waals surface area contributed by atoms with Crippen molar-refractivity contribution < 1.29 is 24.2 Å². The maximum absolute atomic E-state index is 12.0. The summed E-state index contributed by atoms with van der Waals surface area (Å²) in [6.07, 6.45) is 0. The molecule has 29 heavy (non-hydrogen) atoms. The summed E-state index contributed by atoms with van der Waals surface area (Å²) >= 11 is 1.26. The molecule has 1 aromatic carbocycles. The van der Waals surface area contributed by atoms with Gasteiger partial charge in [0.05, 0.1) is 17.0 Å². The third-order valence-corrected chi connectivity index (χ3v) is 4.79. The molecular formula is C19H18N4O5S. The summed E-state index contributed by atoms with van der Waals surface area (Å²) in [6.45, 7) is 1.37. The van der Waals surface area contributed by atoms with Gasteiger partial charge in [0.1, 0.15) is 13.1 Å². The van der Waals surface area contributed by atoms with Crippen LogP contribution in [0, 0.1) is 0 Å². The van der Waals surface area contributed by atoms with Crippen molar-refractivity contribution in [1.82, 2.24) is 9.88 Å². The van der Waals surface area contributed by atoms with Crippen LogP contribution in [0.15, 0.2) is 52.0 Å². The van der Waals surface area contributed by atoms with Crippen LogP contribution in [-0.2, 0) is 20.9 Å². The summed E-state index contributed by atoms with van der Waals surface area (Å²) in [5.41, 5.74) is 0.605. The smallest absolute Gasteiger partial charge is 0.326 e. The quantitative estimate of drug-likeness (QED) is 0.454. The number of ether oxygens (including phenoxy) is 1. The van der Waals surface area contributed by atoms with Crippen LogP contribution in [-0.4, -0.2) is 40.6 Å². The highest BCUT2D eigenvalue weighted by Gasteiger charge is 2.19. The second-order valence-corrected chi connectivity index (χ2v) is 6.78. The van der Waals surface area contributed by atoms with Gasteiger partial charge in [-0.15, -0.1) is 21.6 Å². The summed E-state index contributed by atoms with van der Waals surface area (Å²) in [5, 5.41) is 22.7. The summed E-state index contributed by atoms with van der Waals surface area (Å²) in [6, 6.07) is 10.2. The lowest BCUT2D eigenvalue weighted by Crippen LogP contribution is -2.27. The van der Waals surface area contributed by atoms with Crippen LogP contribution in [0.2, 0.25) is 0 Å². The largest absolute Gasteiger partial charge is 0.493 e. The molecule has 2 amide bonds. The molecule has 0 bridgehead atoms. The summed E-state index contributed by atoms with van der Waals surface area (Å²) in [4.78, 5) is 36.1. The molecule has 0 atom stereocenters. The fourth-order valence-electron chi connectivity index (χ4n) is 2.66. The number of thiophene rings is 1. The third kappa shape index (κ3) is 4.66. The lowest BCUT2D eigenvalue weighted by atomic mass is 10.2. The molecule has 150 valence electrons. The van der Waals surface area contributed by atoms with E-state index in [0.717, 1.165) is 0 Å². The molecule has 0 aliphatic carbocycles. The average Bonchev–Trinajstić information content (AvgIpc) is 3.33. The number of nitrogens with one attached hydrogen (secondary N) is 1. The molecule has 10 heteroatoms. The van der Waals surface area contributed by atoms with Crippen LogP contribution in [0.25, 0.3) is 10.9 Å². The fourth-order valence-corrected chi connectivity index (χ4v) is 3.30. The van der Waals surface area contributed by atoms with E-state index in [2.05, 4.69) is 15.5 Å². The lowest BCUT2D eigenvalue weighted by Gasteiger charge is -2.06. The molecule has 3 aromatic rings. The molecule has 0 unspecified atom stereocenters. The zero-order valence-electron chi connectivity index (χ0n) is 15.5. The Morgan fingerprint density at radius 3 is 2.72 bits per heavy atom. The first kappa shape index (κ1) is 20.2. The number of esters is 1. The number of amides is 2. The minimum absolute atomic E-state index is 0.0582. The molecular weight excluding hydrogens is 396 g/mol. The Morgan fingerprint density at radius 2 is 2.00 bits per heavy atom. The van der Waals surface area contributed by atoms with Gasteiger partial charge in [0.15, 0.2) is 5.69 Å². The molecule has 3 rings (SSSR count). The Bertz CT molecular complexity index is 1070. The zero-order valence-corrected chi connectivity index (χ0v) is 16.3. The Labute approximate surface area is 169 Å². The summed E-state index contributed by atoms with van der Waals surface area (Å²) in [5.74, 6) is -1.88. The first-order chi connectivity index (χ1) is 14.0. The van der Waals surface area contributed by atoms with E-state index < -0.39 is 11.9 Å². The highest BCUT2D eigenvalue weighted by Crippen LogP contribution is 2.38. The first-order valence-corrected chi connectivity index (χ1v) is 9.61. The van der Waals surface area contributed by atoms with E-state index in [4.69, 9.17) is 4.74 Å².